The van der Waals surface area contributed by atoms with Crippen molar-refractivity contribution in [1.29, 1.82) is 0 Å². The monoisotopic (exact) mass is 170 g/mol. The van der Waals surface area contributed by atoms with Crippen LogP contribution < -0.4 is 5.32 Å². The Balaban J connectivity index is 2.20. The van der Waals surface area contributed by atoms with Crippen molar-refractivity contribution in [2.24, 2.45) is 5.92 Å². The minimum Gasteiger partial charge on any atom is -0.339 e. The molecule has 4 nitrogen and oxygen atoms in total. The summed E-state index contributed by atoms with van der Waals surface area (Å²) in [5.74, 6) is 0.763. The lowest BCUT2D eigenvalue weighted by molar-refractivity contribution is 0.337. The number of hydrogen-bond donors (Lipinski definition) is 1. The van der Waals surface area contributed by atoms with Gasteiger partial charge in [0.1, 0.15) is 0 Å². The van der Waals surface area contributed by atoms with Gasteiger partial charge in [-0.05, 0) is 19.3 Å². The van der Waals surface area contributed by atoms with Crippen LogP contribution in [0.2, 0.25) is 0 Å². The topological polar surface area (TPSA) is 51.0 Å². The van der Waals surface area contributed by atoms with Crippen LogP contribution in [0.25, 0.3) is 0 Å². The normalized spacial score (nSPS) is 34.2. The Morgan fingerprint density at radius 3 is 3.17 bits per heavy atom. The molecule has 2 unspecified atom stereocenters. The molecule has 0 bridgehead atoms. The van der Waals surface area contributed by atoms with Crippen molar-refractivity contribution in [3.05, 3.63) is 11.7 Å². The lowest BCUT2D eigenvalue weighted by Gasteiger charge is -2.06. The van der Waals surface area contributed by atoms with E-state index in [1.807, 2.05) is 0 Å². The second-order valence-electron chi connectivity index (χ2n) is 3.20. The molecule has 1 N–H and O–H groups in total. The lowest BCUT2D eigenvalue weighted by Crippen LogP contribution is -2.08. The van der Waals surface area contributed by atoms with Gasteiger partial charge in [0.15, 0.2) is 5.82 Å². The summed E-state index contributed by atoms with van der Waals surface area (Å²) in [5, 5.41) is 6.69. The van der Waals surface area contributed by atoms with Gasteiger partial charge >= 0.3 is 0 Å². The third-order valence-electron chi connectivity index (χ3n) is 2.28. The number of hydrogen-bond acceptors (Lipinski definition) is 4. The molecule has 0 amide bonds. The Bertz CT molecular complexity index is 349. The molecule has 1 aliphatic heterocycles. The van der Waals surface area contributed by atoms with E-state index >= 15 is 0 Å². The number of nitrogens with zero attached hydrogens (tertiary/aromatic N) is 2. The molecule has 1 saturated heterocycles. The van der Waals surface area contributed by atoms with E-state index in [1.54, 1.807) is 0 Å². The van der Waals surface area contributed by atoms with Gasteiger partial charge in [0.05, 0.1) is 5.92 Å². The molecule has 1 aromatic heterocycles. The smallest absolute Gasteiger partial charge is 0.231 e. The zero-order valence-electron chi connectivity index (χ0n) is 9.87. The molecule has 1 aliphatic rings. The average molecular weight is 170 g/mol. The summed E-state index contributed by atoms with van der Waals surface area (Å²) in [6.07, 6.45) is 0. The van der Waals surface area contributed by atoms with Crippen LogP contribution in [0.1, 0.15) is 28.7 Å². The highest BCUT2D eigenvalue weighted by Gasteiger charge is 2.28. The molecule has 66 valence electrons. The van der Waals surface area contributed by atoms with Crippen molar-refractivity contribution in [3.8, 4) is 0 Å². The maximum Gasteiger partial charge on any atom is 0.231 e. The summed E-state index contributed by atoms with van der Waals surface area (Å²) in [5.41, 5.74) is 0. The van der Waals surface area contributed by atoms with Crippen LogP contribution in [0, 0.1) is 12.8 Å². The molecule has 0 saturated carbocycles. The molecule has 1 fully saturated rings. The van der Waals surface area contributed by atoms with Crippen molar-refractivity contribution in [2.75, 3.05) is 13.1 Å². The van der Waals surface area contributed by atoms with Gasteiger partial charge in [0.2, 0.25) is 5.89 Å². The summed E-state index contributed by atoms with van der Waals surface area (Å²) >= 11 is 0. The van der Waals surface area contributed by atoms with Crippen LogP contribution in [-0.4, -0.2) is 23.2 Å². The fourth-order valence-electron chi connectivity index (χ4n) is 1.53. The van der Waals surface area contributed by atoms with Crippen LogP contribution in [0.4, 0.5) is 0 Å². The molecule has 1 aromatic rings. The second-order valence-corrected chi connectivity index (χ2v) is 3.20. The molecule has 0 aliphatic carbocycles. The average Bonchev–Trinajstić information content (AvgIpc) is 2.69. The fourth-order valence-corrected chi connectivity index (χ4v) is 1.53. The maximum atomic E-state index is 7.14. The largest absolute Gasteiger partial charge is 0.339 e. The molecule has 12 heavy (non-hydrogen) atoms. The summed E-state index contributed by atoms with van der Waals surface area (Å²) in [4.78, 5) is 3.93. The van der Waals surface area contributed by atoms with Crippen molar-refractivity contribution < 1.29 is 8.64 Å². The van der Waals surface area contributed by atoms with Crippen LogP contribution >= 0.6 is 0 Å². The summed E-state index contributed by atoms with van der Waals surface area (Å²) < 4.78 is 26.4. The number of aryl methyl sites for hydroxylation is 1. The molecule has 2 heterocycles. The van der Waals surface area contributed by atoms with Gasteiger partial charge in [0, 0.05) is 10.7 Å². The fraction of sp³-hybridized carbons (Fsp3) is 0.750. The van der Waals surface area contributed by atoms with E-state index in [9.17, 15) is 0 Å². The summed E-state index contributed by atoms with van der Waals surface area (Å²) in [7, 11) is 0. The van der Waals surface area contributed by atoms with Crippen molar-refractivity contribution >= 4 is 0 Å². The predicted molar refractivity (Wildman–Crippen MR) is 43.8 cm³/mol. The Labute approximate surface area is 75.6 Å². The highest BCUT2D eigenvalue weighted by atomic mass is 16.5. The third kappa shape index (κ3) is 1.22. The molecule has 0 aromatic carbocycles. The van der Waals surface area contributed by atoms with Gasteiger partial charge in [-0.2, -0.15) is 4.98 Å². The predicted octanol–water partition coefficient (Wildman–Crippen LogP) is 0.701. The van der Waals surface area contributed by atoms with E-state index < -0.39 is 6.85 Å². The maximum absolute atomic E-state index is 7.14. The van der Waals surface area contributed by atoms with E-state index in [4.69, 9.17) is 8.64 Å². The van der Waals surface area contributed by atoms with E-state index in [2.05, 4.69) is 22.4 Å². The van der Waals surface area contributed by atoms with Crippen molar-refractivity contribution in [3.63, 3.8) is 0 Å². The Hall–Kier alpha value is -0.900. The molecular weight excluding hydrogens is 154 g/mol. The van der Waals surface area contributed by atoms with Gasteiger partial charge in [-0.25, -0.2) is 0 Å². The van der Waals surface area contributed by atoms with E-state index in [1.165, 1.54) is 0 Å². The third-order valence-corrected chi connectivity index (χ3v) is 2.28. The minimum atomic E-state index is -2.28. The van der Waals surface area contributed by atoms with Crippen LogP contribution in [0.15, 0.2) is 4.52 Å². The van der Waals surface area contributed by atoms with Crippen molar-refractivity contribution in [1.82, 2.24) is 15.5 Å². The van der Waals surface area contributed by atoms with Gasteiger partial charge in [-0.3, -0.25) is 0 Å². The Kier molecular flexibility index (Phi) is 1.18. The molecular formula is C8H13N3O. The van der Waals surface area contributed by atoms with Crippen LogP contribution in [0.3, 0.4) is 0 Å². The quantitative estimate of drug-likeness (QED) is 0.674. The molecule has 4 heteroatoms. The Morgan fingerprint density at radius 1 is 1.67 bits per heavy atom. The summed E-state index contributed by atoms with van der Waals surface area (Å²) in [6.45, 7) is 1.46. The second kappa shape index (κ2) is 2.86. The standard InChI is InChI=1S/C8H13N3O/c1-5-3-9-4-7(5)8-10-6(2)11-12-8/h5,7,9H,3-4H2,1-2H3/i2D3. The number of rotatable bonds is 1. The molecule has 0 spiro atoms. The molecule has 2 rings (SSSR count). The highest BCUT2D eigenvalue weighted by molar-refractivity contribution is 4.99. The minimum absolute atomic E-state index is 0.133. The zero-order valence-corrected chi connectivity index (χ0v) is 6.87. The van der Waals surface area contributed by atoms with E-state index in [-0.39, 0.29) is 11.7 Å². The van der Waals surface area contributed by atoms with E-state index in [0.29, 0.717) is 11.8 Å². The van der Waals surface area contributed by atoms with Gasteiger partial charge < -0.3 is 9.84 Å². The first-order valence-corrected chi connectivity index (χ1v) is 4.03. The first kappa shape index (κ1) is 4.97. The van der Waals surface area contributed by atoms with Gasteiger partial charge in [0.25, 0.3) is 0 Å². The molecule has 2 atom stereocenters. The SMILES string of the molecule is [2H]C([2H])([2H])c1noc(C2CNCC2C)n1. The number of aromatic nitrogens is 2. The van der Waals surface area contributed by atoms with E-state index in [0.717, 1.165) is 13.1 Å². The van der Waals surface area contributed by atoms with Gasteiger partial charge in [-0.15, -0.1) is 0 Å². The first-order chi connectivity index (χ1) is 6.98. The van der Waals surface area contributed by atoms with Crippen LogP contribution in [0.5, 0.6) is 0 Å². The zero-order chi connectivity index (χ0) is 11.1. The number of nitrogens with one attached hydrogen (secondary N) is 1. The highest BCUT2D eigenvalue weighted by Crippen LogP contribution is 2.25. The van der Waals surface area contributed by atoms with Crippen LogP contribution in [-0.2, 0) is 0 Å². The molecule has 0 radical (unpaired) electrons. The lowest BCUT2D eigenvalue weighted by atomic mass is 9.98. The van der Waals surface area contributed by atoms with Crippen molar-refractivity contribution in [2.45, 2.75) is 19.7 Å². The first-order valence-electron chi connectivity index (χ1n) is 5.53. The Morgan fingerprint density at radius 2 is 2.58 bits per heavy atom. The summed E-state index contributed by atoms with van der Waals surface area (Å²) in [6, 6.07) is 0. The van der Waals surface area contributed by atoms with Gasteiger partial charge in [-0.1, -0.05) is 12.1 Å².